The molecular formula is C22H15N7S. The predicted octanol–water partition coefficient (Wildman–Crippen LogP) is 5.00. The second kappa shape index (κ2) is 6.57. The Morgan fingerprint density at radius 1 is 0.867 bits per heavy atom. The Morgan fingerprint density at radius 3 is 2.67 bits per heavy atom. The smallest absolute Gasteiger partial charge is 0.161 e. The Labute approximate surface area is 174 Å². The van der Waals surface area contributed by atoms with Crippen molar-refractivity contribution in [3.63, 3.8) is 0 Å². The van der Waals surface area contributed by atoms with Gasteiger partial charge in [-0.2, -0.15) is 5.10 Å². The lowest BCUT2D eigenvalue weighted by Gasteiger charge is -1.99. The maximum Gasteiger partial charge on any atom is 0.161 e. The number of aryl methyl sites for hydroxylation is 1. The molecule has 8 heteroatoms. The lowest BCUT2D eigenvalue weighted by molar-refractivity contribution is 1.10. The second-order valence-electron chi connectivity index (χ2n) is 6.95. The average molecular weight is 409 g/mol. The summed E-state index contributed by atoms with van der Waals surface area (Å²) >= 11 is 1.76. The topological polar surface area (TPSA) is 96.0 Å². The van der Waals surface area contributed by atoms with Crippen molar-refractivity contribution < 1.29 is 0 Å². The number of imidazole rings is 1. The van der Waals surface area contributed by atoms with Crippen molar-refractivity contribution in [2.24, 2.45) is 0 Å². The van der Waals surface area contributed by atoms with Crippen LogP contribution < -0.4 is 0 Å². The summed E-state index contributed by atoms with van der Waals surface area (Å²) in [4.78, 5) is 24.0. The van der Waals surface area contributed by atoms with Crippen LogP contribution in [0.2, 0.25) is 0 Å². The van der Waals surface area contributed by atoms with Gasteiger partial charge in [0.15, 0.2) is 11.5 Å². The molecular weight excluding hydrogens is 394 g/mol. The van der Waals surface area contributed by atoms with Crippen LogP contribution in [0, 0.1) is 6.92 Å². The number of H-pyrrole nitrogens is 2. The minimum absolute atomic E-state index is 0.681. The zero-order valence-electron chi connectivity index (χ0n) is 15.9. The minimum atomic E-state index is 0.681. The maximum atomic E-state index is 4.89. The molecule has 0 atom stereocenters. The van der Waals surface area contributed by atoms with Gasteiger partial charge in [-0.25, -0.2) is 9.97 Å². The Morgan fingerprint density at radius 2 is 1.83 bits per heavy atom. The van der Waals surface area contributed by atoms with Crippen LogP contribution in [-0.2, 0) is 0 Å². The number of nitrogens with zero attached hydrogens (tertiary/aromatic N) is 5. The van der Waals surface area contributed by atoms with E-state index < -0.39 is 0 Å². The largest absolute Gasteiger partial charge is 0.336 e. The molecule has 7 nitrogen and oxygen atoms in total. The van der Waals surface area contributed by atoms with Crippen LogP contribution in [0.1, 0.15) is 4.88 Å². The minimum Gasteiger partial charge on any atom is -0.336 e. The molecule has 0 saturated carbocycles. The molecule has 0 amide bonds. The van der Waals surface area contributed by atoms with Crippen LogP contribution in [0.3, 0.4) is 0 Å². The third kappa shape index (κ3) is 2.69. The number of nitrogens with one attached hydrogen (secondary N) is 2. The fourth-order valence-electron chi connectivity index (χ4n) is 3.56. The van der Waals surface area contributed by atoms with Crippen LogP contribution in [-0.4, -0.2) is 35.1 Å². The third-order valence-corrected chi connectivity index (χ3v) is 6.01. The van der Waals surface area contributed by atoms with E-state index in [0.29, 0.717) is 17.2 Å². The van der Waals surface area contributed by atoms with Gasteiger partial charge in [-0.1, -0.05) is 12.1 Å². The molecule has 0 spiro atoms. The third-order valence-electron chi connectivity index (χ3n) is 4.98. The van der Waals surface area contributed by atoms with Gasteiger partial charge in [0.05, 0.1) is 28.4 Å². The van der Waals surface area contributed by atoms with E-state index in [1.165, 1.54) is 9.75 Å². The first-order valence-electron chi connectivity index (χ1n) is 9.44. The molecule has 0 radical (unpaired) electrons. The fraction of sp³-hybridized carbons (Fsp3) is 0.0455. The number of thiophene rings is 1. The number of hydrogen-bond donors (Lipinski definition) is 2. The molecule has 5 aromatic heterocycles. The Hall–Kier alpha value is -3.91. The first-order valence-corrected chi connectivity index (χ1v) is 10.3. The molecule has 6 rings (SSSR count). The van der Waals surface area contributed by atoms with Gasteiger partial charge in [-0.3, -0.25) is 15.1 Å². The number of pyridine rings is 1. The van der Waals surface area contributed by atoms with Gasteiger partial charge in [0, 0.05) is 27.7 Å². The molecule has 1 aromatic carbocycles. The average Bonchev–Trinajstić information content (AvgIpc) is 3.51. The summed E-state index contributed by atoms with van der Waals surface area (Å²) in [5.74, 6) is 0.681. The summed E-state index contributed by atoms with van der Waals surface area (Å²) in [6.07, 6.45) is 5.00. The monoisotopic (exact) mass is 409 g/mol. The highest BCUT2D eigenvalue weighted by Gasteiger charge is 2.17. The quantitative estimate of drug-likeness (QED) is 0.429. The summed E-state index contributed by atoms with van der Waals surface area (Å²) in [5, 5.41) is 7.54. The van der Waals surface area contributed by atoms with Crippen molar-refractivity contribution in [3.8, 4) is 33.3 Å². The van der Waals surface area contributed by atoms with Gasteiger partial charge in [0.2, 0.25) is 0 Å². The number of aromatic amines is 2. The van der Waals surface area contributed by atoms with E-state index in [0.717, 1.165) is 33.3 Å². The number of hydrogen-bond acceptors (Lipinski definition) is 6. The Kier molecular flexibility index (Phi) is 3.72. The lowest BCUT2D eigenvalue weighted by atomic mass is 10.1. The zero-order chi connectivity index (χ0) is 20.1. The van der Waals surface area contributed by atoms with Crippen molar-refractivity contribution >= 4 is 33.4 Å². The molecule has 144 valence electrons. The molecule has 0 aliphatic rings. The van der Waals surface area contributed by atoms with Crippen molar-refractivity contribution in [2.75, 3.05) is 0 Å². The first kappa shape index (κ1) is 17.0. The van der Waals surface area contributed by atoms with Crippen molar-refractivity contribution in [2.45, 2.75) is 6.92 Å². The van der Waals surface area contributed by atoms with Gasteiger partial charge >= 0.3 is 0 Å². The molecule has 0 saturated heterocycles. The molecule has 0 aliphatic carbocycles. The Bertz CT molecular complexity index is 1510. The lowest BCUT2D eigenvalue weighted by Crippen LogP contribution is -1.89. The normalized spacial score (nSPS) is 11.5. The number of para-hydroxylation sites is 1. The van der Waals surface area contributed by atoms with Gasteiger partial charge in [0.25, 0.3) is 0 Å². The molecule has 0 bridgehead atoms. The van der Waals surface area contributed by atoms with Crippen LogP contribution in [0.25, 0.3) is 55.4 Å². The highest BCUT2D eigenvalue weighted by Crippen LogP contribution is 2.34. The zero-order valence-corrected chi connectivity index (χ0v) is 16.7. The van der Waals surface area contributed by atoms with E-state index in [1.54, 1.807) is 29.9 Å². The van der Waals surface area contributed by atoms with E-state index in [9.17, 15) is 0 Å². The molecule has 30 heavy (non-hydrogen) atoms. The highest BCUT2D eigenvalue weighted by atomic mass is 32.1. The van der Waals surface area contributed by atoms with Crippen molar-refractivity contribution in [3.05, 3.63) is 65.9 Å². The van der Waals surface area contributed by atoms with Crippen LogP contribution >= 0.6 is 11.3 Å². The second-order valence-corrected chi connectivity index (χ2v) is 8.24. The molecule has 5 heterocycles. The number of rotatable bonds is 3. The van der Waals surface area contributed by atoms with Gasteiger partial charge < -0.3 is 4.98 Å². The van der Waals surface area contributed by atoms with E-state index in [2.05, 4.69) is 50.3 Å². The number of fused-ring (bicyclic) bond motifs is 2. The van der Waals surface area contributed by atoms with E-state index >= 15 is 0 Å². The summed E-state index contributed by atoms with van der Waals surface area (Å²) in [6.45, 7) is 2.11. The molecule has 6 aromatic rings. The molecule has 2 N–H and O–H groups in total. The van der Waals surface area contributed by atoms with E-state index in [1.807, 2.05) is 24.3 Å². The van der Waals surface area contributed by atoms with Gasteiger partial charge in [-0.15, -0.1) is 11.3 Å². The van der Waals surface area contributed by atoms with Crippen LogP contribution in [0.5, 0.6) is 0 Å². The molecule has 0 aliphatic heterocycles. The molecule has 0 fully saturated rings. The van der Waals surface area contributed by atoms with E-state index in [-0.39, 0.29) is 0 Å². The van der Waals surface area contributed by atoms with Crippen molar-refractivity contribution in [1.82, 2.24) is 35.1 Å². The van der Waals surface area contributed by atoms with Gasteiger partial charge in [-0.05, 0) is 37.3 Å². The van der Waals surface area contributed by atoms with Gasteiger partial charge in [0.1, 0.15) is 11.2 Å². The van der Waals surface area contributed by atoms with Crippen molar-refractivity contribution in [1.29, 1.82) is 0 Å². The first-order chi connectivity index (χ1) is 14.8. The van der Waals surface area contributed by atoms with Crippen LogP contribution in [0.15, 0.2) is 61.1 Å². The highest BCUT2D eigenvalue weighted by molar-refractivity contribution is 7.15. The maximum absolute atomic E-state index is 4.89. The standard InChI is InChI=1S/C22H15N7S/c1-12-5-8-18(30-12)13-3-2-4-15-19(13)27-22(26-15)21-20-16(28-29-21)7-6-14(25-20)17-11-23-9-10-24-17/h2-11H,1H3,(H,26,27)(H,28,29). The summed E-state index contributed by atoms with van der Waals surface area (Å²) in [7, 11) is 0. The summed E-state index contributed by atoms with van der Waals surface area (Å²) < 4.78 is 0. The van der Waals surface area contributed by atoms with E-state index in [4.69, 9.17) is 9.97 Å². The number of benzene rings is 1. The fourth-order valence-corrected chi connectivity index (χ4v) is 4.45. The van der Waals surface area contributed by atoms with Crippen LogP contribution in [0.4, 0.5) is 0 Å². The summed E-state index contributed by atoms with van der Waals surface area (Å²) in [5.41, 5.74) is 6.72. The number of aromatic nitrogens is 7. The summed E-state index contributed by atoms with van der Waals surface area (Å²) in [6, 6.07) is 14.3. The SMILES string of the molecule is Cc1ccc(-c2cccc3[nH]c(-c4n[nH]c5ccc(-c6cnccn6)nc45)nc23)s1. The Balaban J connectivity index is 1.52. The molecule has 0 unspecified atom stereocenters. The predicted molar refractivity (Wildman–Crippen MR) is 118 cm³/mol.